The fraction of sp³-hybridized carbons (Fsp3) is 0.273. The van der Waals surface area contributed by atoms with Crippen LogP contribution < -0.4 is 5.32 Å². The summed E-state index contributed by atoms with van der Waals surface area (Å²) in [5, 5.41) is 10.1. The first-order valence-corrected chi connectivity index (χ1v) is 4.93. The number of H-pyrrole nitrogens is 1. The first-order valence-electron chi connectivity index (χ1n) is 4.93. The van der Waals surface area contributed by atoms with Gasteiger partial charge in [-0.25, -0.2) is 0 Å². The van der Waals surface area contributed by atoms with Crippen molar-refractivity contribution >= 4 is 5.69 Å². The molecule has 2 rings (SSSR count). The van der Waals surface area contributed by atoms with Gasteiger partial charge in [-0.05, 0) is 26.0 Å². The average molecular weight is 202 g/mol. The van der Waals surface area contributed by atoms with Crippen molar-refractivity contribution in [2.45, 2.75) is 19.9 Å². The fourth-order valence-electron chi connectivity index (χ4n) is 1.47. The van der Waals surface area contributed by atoms with E-state index in [1.54, 1.807) is 6.20 Å². The van der Waals surface area contributed by atoms with Crippen molar-refractivity contribution in [1.82, 2.24) is 15.2 Å². The summed E-state index contributed by atoms with van der Waals surface area (Å²) in [6.07, 6.45) is 5.52. The normalized spacial score (nSPS) is 12.4. The van der Waals surface area contributed by atoms with Gasteiger partial charge < -0.3 is 5.32 Å². The minimum atomic E-state index is 0.241. The Morgan fingerprint density at radius 1 is 1.47 bits per heavy atom. The lowest BCUT2D eigenvalue weighted by molar-refractivity contribution is 0.884. The van der Waals surface area contributed by atoms with Gasteiger partial charge in [-0.1, -0.05) is 0 Å². The van der Waals surface area contributed by atoms with E-state index in [9.17, 15) is 0 Å². The summed E-state index contributed by atoms with van der Waals surface area (Å²) >= 11 is 0. The van der Waals surface area contributed by atoms with Crippen LogP contribution in [0.1, 0.15) is 24.2 Å². The maximum atomic E-state index is 4.15. The third kappa shape index (κ3) is 2.34. The summed E-state index contributed by atoms with van der Waals surface area (Å²) in [6.45, 7) is 4.08. The van der Waals surface area contributed by atoms with Gasteiger partial charge in [0.2, 0.25) is 0 Å². The van der Waals surface area contributed by atoms with Crippen molar-refractivity contribution < 1.29 is 0 Å². The van der Waals surface area contributed by atoms with Gasteiger partial charge >= 0.3 is 0 Å². The predicted octanol–water partition coefficient (Wildman–Crippen LogP) is 2.29. The predicted molar refractivity (Wildman–Crippen MR) is 59.6 cm³/mol. The van der Waals surface area contributed by atoms with Gasteiger partial charge in [0.05, 0.1) is 12.2 Å². The lowest BCUT2D eigenvalue weighted by Crippen LogP contribution is -2.05. The van der Waals surface area contributed by atoms with E-state index in [-0.39, 0.29) is 6.04 Å². The first kappa shape index (κ1) is 9.71. The summed E-state index contributed by atoms with van der Waals surface area (Å²) in [6, 6.07) is 4.23. The van der Waals surface area contributed by atoms with Gasteiger partial charge in [-0.15, -0.1) is 0 Å². The second kappa shape index (κ2) is 4.13. The molecule has 2 aromatic heterocycles. The third-order valence-electron chi connectivity index (χ3n) is 2.30. The number of aryl methyl sites for hydroxylation is 1. The highest BCUT2D eigenvalue weighted by Gasteiger charge is 2.05. The maximum absolute atomic E-state index is 4.15. The highest BCUT2D eigenvalue weighted by atomic mass is 15.1. The lowest BCUT2D eigenvalue weighted by atomic mass is 10.2. The first-order chi connectivity index (χ1) is 7.25. The van der Waals surface area contributed by atoms with E-state index in [4.69, 9.17) is 0 Å². The Morgan fingerprint density at radius 3 is 3.00 bits per heavy atom. The Balaban J connectivity index is 2.09. The van der Waals surface area contributed by atoms with Gasteiger partial charge in [0.25, 0.3) is 0 Å². The number of hydrogen-bond acceptors (Lipinski definition) is 3. The number of nitrogens with zero attached hydrogens (tertiary/aromatic N) is 2. The Kier molecular flexibility index (Phi) is 2.67. The molecule has 2 heterocycles. The molecule has 2 N–H and O–H groups in total. The zero-order chi connectivity index (χ0) is 10.7. The zero-order valence-corrected chi connectivity index (χ0v) is 8.86. The quantitative estimate of drug-likeness (QED) is 0.802. The molecule has 4 heteroatoms. The highest BCUT2D eigenvalue weighted by Crippen LogP contribution is 2.17. The molecule has 2 aromatic rings. The summed E-state index contributed by atoms with van der Waals surface area (Å²) in [4.78, 5) is 4.15. The molecule has 78 valence electrons. The highest BCUT2D eigenvalue weighted by molar-refractivity contribution is 5.44. The molecule has 0 bridgehead atoms. The SMILES string of the molecule is Cc1cc(NC(C)c2cn[nH]c2)ccn1. The Labute approximate surface area is 88.8 Å². The summed E-state index contributed by atoms with van der Waals surface area (Å²) in [5.74, 6) is 0. The molecule has 0 aliphatic rings. The van der Waals surface area contributed by atoms with Gasteiger partial charge in [0, 0.05) is 29.3 Å². The number of nitrogens with one attached hydrogen (secondary N) is 2. The summed E-state index contributed by atoms with van der Waals surface area (Å²) in [7, 11) is 0. The average Bonchev–Trinajstić information content (AvgIpc) is 2.70. The minimum Gasteiger partial charge on any atom is -0.378 e. The van der Waals surface area contributed by atoms with Gasteiger partial charge in [-0.3, -0.25) is 10.1 Å². The number of hydrogen-bond donors (Lipinski definition) is 2. The molecular formula is C11H14N4. The second-order valence-corrected chi connectivity index (χ2v) is 3.58. The van der Waals surface area contributed by atoms with Crippen molar-refractivity contribution in [1.29, 1.82) is 0 Å². The smallest absolute Gasteiger partial charge is 0.0539 e. The van der Waals surface area contributed by atoms with Crippen LogP contribution in [0.2, 0.25) is 0 Å². The Hall–Kier alpha value is -1.84. The van der Waals surface area contributed by atoms with Gasteiger partial charge in [0.15, 0.2) is 0 Å². The van der Waals surface area contributed by atoms with E-state index in [2.05, 4.69) is 27.4 Å². The minimum absolute atomic E-state index is 0.241. The molecule has 4 nitrogen and oxygen atoms in total. The van der Waals surface area contributed by atoms with Gasteiger partial charge in [0.1, 0.15) is 0 Å². The molecule has 15 heavy (non-hydrogen) atoms. The van der Waals surface area contributed by atoms with Crippen molar-refractivity contribution in [3.8, 4) is 0 Å². The van der Waals surface area contributed by atoms with Crippen LogP contribution in [0, 0.1) is 6.92 Å². The molecule has 0 radical (unpaired) electrons. The molecule has 0 aliphatic carbocycles. The van der Waals surface area contributed by atoms with Crippen LogP contribution in [-0.2, 0) is 0 Å². The van der Waals surface area contributed by atoms with Crippen LogP contribution in [0.4, 0.5) is 5.69 Å². The zero-order valence-electron chi connectivity index (χ0n) is 8.86. The van der Waals surface area contributed by atoms with E-state index in [1.807, 2.05) is 31.5 Å². The van der Waals surface area contributed by atoms with E-state index >= 15 is 0 Å². The molecule has 1 unspecified atom stereocenters. The molecule has 0 spiro atoms. The molecule has 0 saturated heterocycles. The molecule has 0 fully saturated rings. The Bertz CT molecular complexity index is 422. The fourth-order valence-corrected chi connectivity index (χ4v) is 1.47. The van der Waals surface area contributed by atoms with E-state index in [0.29, 0.717) is 0 Å². The molecule has 1 atom stereocenters. The van der Waals surface area contributed by atoms with Crippen LogP contribution in [0.3, 0.4) is 0 Å². The van der Waals surface area contributed by atoms with Crippen molar-refractivity contribution in [2.75, 3.05) is 5.32 Å². The standard InChI is InChI=1S/C11H14N4/c1-8-5-11(3-4-12-8)15-9(2)10-6-13-14-7-10/h3-7,9H,1-2H3,(H,12,15)(H,13,14). The third-order valence-corrected chi connectivity index (χ3v) is 2.30. The monoisotopic (exact) mass is 202 g/mol. The molecule has 0 amide bonds. The number of rotatable bonds is 3. The largest absolute Gasteiger partial charge is 0.378 e. The number of pyridine rings is 1. The van der Waals surface area contributed by atoms with E-state index < -0.39 is 0 Å². The lowest BCUT2D eigenvalue weighted by Gasteiger charge is -2.13. The molecular weight excluding hydrogens is 188 g/mol. The molecule has 0 aromatic carbocycles. The van der Waals surface area contributed by atoms with Crippen molar-refractivity contribution in [3.05, 3.63) is 42.0 Å². The summed E-state index contributed by atoms with van der Waals surface area (Å²) < 4.78 is 0. The number of anilines is 1. The molecule has 0 aliphatic heterocycles. The van der Waals surface area contributed by atoms with E-state index in [1.165, 1.54) is 0 Å². The molecule has 0 saturated carbocycles. The van der Waals surface area contributed by atoms with Crippen LogP contribution in [0.5, 0.6) is 0 Å². The summed E-state index contributed by atoms with van der Waals surface area (Å²) in [5.41, 5.74) is 3.24. The topological polar surface area (TPSA) is 53.6 Å². The second-order valence-electron chi connectivity index (χ2n) is 3.58. The van der Waals surface area contributed by atoms with Crippen LogP contribution in [-0.4, -0.2) is 15.2 Å². The van der Waals surface area contributed by atoms with Crippen molar-refractivity contribution in [3.63, 3.8) is 0 Å². The van der Waals surface area contributed by atoms with E-state index in [0.717, 1.165) is 16.9 Å². The van der Waals surface area contributed by atoms with Crippen LogP contribution >= 0.6 is 0 Å². The number of aromatic nitrogens is 3. The maximum Gasteiger partial charge on any atom is 0.0539 e. The van der Waals surface area contributed by atoms with Gasteiger partial charge in [-0.2, -0.15) is 5.10 Å². The Morgan fingerprint density at radius 2 is 2.33 bits per heavy atom. The number of aromatic amines is 1. The van der Waals surface area contributed by atoms with Crippen molar-refractivity contribution in [2.24, 2.45) is 0 Å². The van der Waals surface area contributed by atoms with Crippen LogP contribution in [0.15, 0.2) is 30.7 Å². The van der Waals surface area contributed by atoms with Crippen LogP contribution in [0.25, 0.3) is 0 Å².